The molecule has 38 heavy (non-hydrogen) atoms. The average Bonchev–Trinajstić information content (AvgIpc) is 3.52. The molecule has 1 atom stereocenters. The summed E-state index contributed by atoms with van der Waals surface area (Å²) >= 11 is 0. The Kier molecular flexibility index (Phi) is 6.37. The smallest absolute Gasteiger partial charge is 0.237 e. The number of nitrogens with one attached hydrogen (secondary N) is 2. The molecule has 0 radical (unpaired) electrons. The van der Waals surface area contributed by atoms with Crippen LogP contribution < -0.4 is 0 Å². The van der Waals surface area contributed by atoms with Crippen LogP contribution in [0, 0.1) is 5.82 Å². The van der Waals surface area contributed by atoms with E-state index in [0.717, 1.165) is 35.6 Å². The first-order valence-corrected chi connectivity index (χ1v) is 13.1. The van der Waals surface area contributed by atoms with Gasteiger partial charge in [-0.1, -0.05) is 13.0 Å². The molecule has 3 N–H and O–H groups in total. The molecule has 9 nitrogen and oxygen atoms in total. The Morgan fingerprint density at radius 2 is 2.13 bits per heavy atom. The van der Waals surface area contributed by atoms with E-state index in [1.807, 2.05) is 24.8 Å². The molecule has 6 rings (SSSR count). The molecule has 0 saturated carbocycles. The van der Waals surface area contributed by atoms with Crippen LogP contribution in [0.2, 0.25) is 0 Å². The predicted molar refractivity (Wildman–Crippen MR) is 141 cm³/mol. The maximum absolute atomic E-state index is 15.5. The van der Waals surface area contributed by atoms with Gasteiger partial charge >= 0.3 is 0 Å². The van der Waals surface area contributed by atoms with Crippen LogP contribution in [-0.4, -0.2) is 79.9 Å². The lowest BCUT2D eigenvalue weighted by molar-refractivity contribution is -0.135. The number of nitrogens with zero attached hydrogens (tertiary/aromatic N) is 4. The van der Waals surface area contributed by atoms with E-state index in [9.17, 15) is 9.90 Å². The van der Waals surface area contributed by atoms with Crippen molar-refractivity contribution >= 4 is 16.8 Å². The largest absolute Gasteiger partial charge is 0.508 e. The van der Waals surface area contributed by atoms with Crippen LogP contribution in [0.1, 0.15) is 30.8 Å². The van der Waals surface area contributed by atoms with Gasteiger partial charge in [-0.25, -0.2) is 9.37 Å². The Bertz CT molecular complexity index is 1510. The second kappa shape index (κ2) is 9.85. The summed E-state index contributed by atoms with van der Waals surface area (Å²) in [5.74, 6) is 0.365. The molecule has 2 aromatic heterocycles. The van der Waals surface area contributed by atoms with Crippen molar-refractivity contribution in [2.75, 3.05) is 32.8 Å². The molecule has 2 aromatic carbocycles. The number of hydrogen-bond donors (Lipinski definition) is 3. The van der Waals surface area contributed by atoms with Crippen molar-refractivity contribution in [3.05, 3.63) is 53.1 Å². The van der Waals surface area contributed by atoms with Crippen LogP contribution in [0.3, 0.4) is 0 Å². The lowest BCUT2D eigenvalue weighted by atomic mass is 9.96. The van der Waals surface area contributed by atoms with E-state index < -0.39 is 5.82 Å². The molecule has 1 fully saturated rings. The van der Waals surface area contributed by atoms with E-state index in [0.29, 0.717) is 67.1 Å². The molecule has 0 spiro atoms. The first-order valence-electron chi connectivity index (χ1n) is 13.1. The highest BCUT2D eigenvalue weighted by atomic mass is 19.1. The molecular formula is C28H31FN6O3. The van der Waals surface area contributed by atoms with Crippen molar-refractivity contribution in [1.82, 2.24) is 30.0 Å². The summed E-state index contributed by atoms with van der Waals surface area (Å²) in [6, 6.07) is 8.49. The second-order valence-corrected chi connectivity index (χ2v) is 10.1. The van der Waals surface area contributed by atoms with E-state index in [2.05, 4.69) is 20.1 Å². The third kappa shape index (κ3) is 4.54. The number of carbonyl (C=O) groups is 1. The molecule has 1 saturated heterocycles. The van der Waals surface area contributed by atoms with E-state index >= 15 is 4.39 Å². The molecule has 0 bridgehead atoms. The number of hydrogen-bond acceptors (Lipinski definition) is 6. The standard InChI is InChI=1S/C28H31FN6O3/c1-3-17-10-19(36)4-5-20(17)18-11-21(29)26-23(12-18)32-33-27(26)28-30-22-6-7-35(14-24(22)31-28)25(37)15-34-8-9-38-16(2)13-34/h4-5,10-12,16,36H,3,6-9,13-15H2,1-2H3,(H,30,31)(H,32,33)/t16-/m0/s1. The first kappa shape index (κ1) is 24.6. The Labute approximate surface area is 219 Å². The lowest BCUT2D eigenvalue weighted by Gasteiger charge is -2.33. The third-order valence-corrected chi connectivity index (χ3v) is 7.49. The number of aromatic hydroxyl groups is 1. The Balaban J connectivity index is 1.25. The van der Waals surface area contributed by atoms with Crippen LogP contribution in [0.4, 0.5) is 4.39 Å². The minimum atomic E-state index is -0.401. The molecule has 0 aliphatic carbocycles. The topological polar surface area (TPSA) is 110 Å². The van der Waals surface area contributed by atoms with E-state index in [4.69, 9.17) is 9.72 Å². The Morgan fingerprint density at radius 3 is 2.95 bits per heavy atom. The van der Waals surface area contributed by atoms with Crippen LogP contribution in [-0.2, 0) is 28.9 Å². The maximum Gasteiger partial charge on any atom is 0.237 e. The number of fused-ring (bicyclic) bond motifs is 2. The van der Waals surface area contributed by atoms with E-state index in [1.165, 1.54) is 6.07 Å². The number of halogens is 1. The monoisotopic (exact) mass is 518 g/mol. The SMILES string of the molecule is CCc1cc(O)ccc1-c1cc(F)c2c(-c3nc4c([nH]3)CN(C(=O)CN3CCO[C@@H](C)C3)CC4)n[nH]c2c1. The number of ether oxygens (including phenoxy) is 1. The number of phenols is 1. The van der Waals surface area contributed by atoms with Crippen molar-refractivity contribution in [2.45, 2.75) is 39.3 Å². The molecule has 10 heteroatoms. The summed E-state index contributed by atoms with van der Waals surface area (Å²) in [5, 5.41) is 17.6. The van der Waals surface area contributed by atoms with Crippen molar-refractivity contribution in [2.24, 2.45) is 0 Å². The van der Waals surface area contributed by atoms with Gasteiger partial charge in [0.05, 0.1) is 48.1 Å². The fourth-order valence-corrected chi connectivity index (χ4v) is 5.53. The van der Waals surface area contributed by atoms with Crippen LogP contribution in [0.15, 0.2) is 30.3 Å². The highest BCUT2D eigenvalue weighted by Crippen LogP contribution is 2.34. The number of aryl methyl sites for hydroxylation is 1. The molecule has 2 aliphatic heterocycles. The van der Waals surface area contributed by atoms with Crippen LogP contribution in [0.5, 0.6) is 5.75 Å². The summed E-state index contributed by atoms with van der Waals surface area (Å²) < 4.78 is 21.1. The van der Waals surface area contributed by atoms with Gasteiger partial charge in [0.1, 0.15) is 17.3 Å². The van der Waals surface area contributed by atoms with Crippen LogP contribution >= 0.6 is 0 Å². The van der Waals surface area contributed by atoms with Gasteiger partial charge in [0.2, 0.25) is 5.91 Å². The van der Waals surface area contributed by atoms with E-state index in [1.54, 1.807) is 18.2 Å². The fraction of sp³-hybridized carbons (Fsp3) is 0.393. The summed E-state index contributed by atoms with van der Waals surface area (Å²) in [6.45, 7) is 7.60. The molecule has 2 aliphatic rings. The van der Waals surface area contributed by atoms with Crippen molar-refractivity contribution in [1.29, 1.82) is 0 Å². The zero-order valence-electron chi connectivity index (χ0n) is 21.6. The molecular weight excluding hydrogens is 487 g/mol. The number of rotatable bonds is 5. The van der Waals surface area contributed by atoms with Crippen LogP contribution in [0.25, 0.3) is 33.5 Å². The van der Waals surface area contributed by atoms with Gasteiger partial charge < -0.3 is 19.7 Å². The minimum Gasteiger partial charge on any atom is -0.508 e. The minimum absolute atomic E-state index is 0.0883. The highest BCUT2D eigenvalue weighted by Gasteiger charge is 2.28. The molecule has 4 aromatic rings. The number of carbonyl (C=O) groups excluding carboxylic acids is 1. The fourth-order valence-electron chi connectivity index (χ4n) is 5.53. The highest BCUT2D eigenvalue weighted by molar-refractivity contribution is 5.94. The number of phenolic OH excluding ortho intramolecular Hbond substituents is 1. The predicted octanol–water partition coefficient (Wildman–Crippen LogP) is 3.63. The van der Waals surface area contributed by atoms with Gasteiger partial charge in [0.25, 0.3) is 0 Å². The van der Waals surface area contributed by atoms with Gasteiger partial charge in [-0.05, 0) is 54.3 Å². The quantitative estimate of drug-likeness (QED) is 0.372. The zero-order valence-corrected chi connectivity index (χ0v) is 21.6. The van der Waals surface area contributed by atoms with Crippen molar-refractivity contribution in [3.8, 4) is 28.4 Å². The van der Waals surface area contributed by atoms with Gasteiger partial charge in [-0.15, -0.1) is 0 Å². The Morgan fingerprint density at radius 1 is 1.26 bits per heavy atom. The first-order chi connectivity index (χ1) is 18.4. The van der Waals surface area contributed by atoms with Crippen molar-refractivity contribution < 1.29 is 19.0 Å². The van der Waals surface area contributed by atoms with E-state index in [-0.39, 0.29) is 17.8 Å². The molecule has 0 unspecified atom stereocenters. The molecule has 4 heterocycles. The number of aromatic nitrogens is 4. The summed E-state index contributed by atoms with van der Waals surface area (Å²) in [6.07, 6.45) is 1.47. The third-order valence-electron chi connectivity index (χ3n) is 7.49. The normalized spacial score (nSPS) is 18.2. The molecule has 198 valence electrons. The number of morpholine rings is 1. The number of aromatic amines is 2. The average molecular weight is 519 g/mol. The summed E-state index contributed by atoms with van der Waals surface area (Å²) in [5.41, 5.74) is 5.24. The van der Waals surface area contributed by atoms with Gasteiger partial charge in [-0.2, -0.15) is 5.10 Å². The van der Waals surface area contributed by atoms with Gasteiger partial charge in [0.15, 0.2) is 5.82 Å². The number of imidazole rings is 1. The number of amides is 1. The van der Waals surface area contributed by atoms with Crippen molar-refractivity contribution in [3.63, 3.8) is 0 Å². The van der Waals surface area contributed by atoms with Gasteiger partial charge in [-0.3, -0.25) is 14.8 Å². The summed E-state index contributed by atoms with van der Waals surface area (Å²) in [7, 11) is 0. The molecule has 1 amide bonds. The van der Waals surface area contributed by atoms with Gasteiger partial charge in [0, 0.05) is 26.1 Å². The Hall–Kier alpha value is -3.76. The summed E-state index contributed by atoms with van der Waals surface area (Å²) in [4.78, 5) is 25.0. The number of H-pyrrole nitrogens is 2. The number of benzene rings is 2. The zero-order chi connectivity index (χ0) is 26.4. The lowest BCUT2D eigenvalue weighted by Crippen LogP contribution is -2.48. The maximum atomic E-state index is 15.5. The second-order valence-electron chi connectivity index (χ2n) is 10.1.